The Morgan fingerprint density at radius 2 is 2.04 bits per heavy atom. The molecule has 2 heterocycles. The zero-order chi connectivity index (χ0) is 19.1. The first-order valence-corrected chi connectivity index (χ1v) is 9.38. The van der Waals surface area contributed by atoms with Gasteiger partial charge in [0.05, 0.1) is 11.6 Å². The Kier molecular flexibility index (Phi) is 6.39. The number of pyridine rings is 1. The molecule has 3 rings (SSSR count). The van der Waals surface area contributed by atoms with Crippen LogP contribution < -0.4 is 5.32 Å². The number of carbonyl (C=O) groups excluding carboxylic acids is 1. The van der Waals surface area contributed by atoms with Crippen molar-refractivity contribution in [2.75, 3.05) is 25.0 Å². The number of nitriles is 1. The third-order valence-corrected chi connectivity index (χ3v) is 5.01. The second kappa shape index (κ2) is 9.15. The fraction of sp³-hybridized carbons (Fsp3) is 0.381. The van der Waals surface area contributed by atoms with Crippen LogP contribution in [0.5, 0.6) is 0 Å². The Hall–Kier alpha value is -2.91. The molecular weight excluding hydrogens is 338 g/mol. The molecule has 0 bridgehead atoms. The molecule has 1 saturated heterocycles. The molecule has 2 amide bonds. The number of hydrogen-bond acceptors (Lipinski definition) is 4. The van der Waals surface area contributed by atoms with Gasteiger partial charge in [-0.25, -0.2) is 4.79 Å². The number of amides is 2. The summed E-state index contributed by atoms with van der Waals surface area (Å²) in [6.07, 6.45) is 5.80. The molecule has 0 radical (unpaired) electrons. The van der Waals surface area contributed by atoms with Gasteiger partial charge in [0.2, 0.25) is 0 Å². The molecule has 1 aromatic carbocycles. The predicted octanol–water partition coefficient (Wildman–Crippen LogP) is 3.47. The fourth-order valence-corrected chi connectivity index (χ4v) is 3.53. The minimum atomic E-state index is -0.125. The van der Waals surface area contributed by atoms with Crippen molar-refractivity contribution in [1.82, 2.24) is 14.8 Å². The summed E-state index contributed by atoms with van der Waals surface area (Å²) in [6, 6.07) is 13.2. The Bertz CT molecular complexity index is 784. The van der Waals surface area contributed by atoms with Crippen LogP contribution in [0.4, 0.5) is 10.5 Å². The minimum absolute atomic E-state index is 0.125. The number of urea groups is 1. The van der Waals surface area contributed by atoms with Crippen LogP contribution in [0.15, 0.2) is 48.8 Å². The highest BCUT2D eigenvalue weighted by Crippen LogP contribution is 2.19. The van der Waals surface area contributed by atoms with Gasteiger partial charge in [0.1, 0.15) is 0 Å². The van der Waals surface area contributed by atoms with Crippen LogP contribution in [0.25, 0.3) is 0 Å². The van der Waals surface area contributed by atoms with Gasteiger partial charge in [0.25, 0.3) is 0 Å². The van der Waals surface area contributed by atoms with Crippen LogP contribution >= 0.6 is 0 Å². The average molecular weight is 363 g/mol. The average Bonchev–Trinajstić information content (AvgIpc) is 3.16. The maximum atomic E-state index is 13.0. The van der Waals surface area contributed by atoms with Gasteiger partial charge in [-0.1, -0.05) is 6.92 Å². The Balaban J connectivity index is 1.73. The highest BCUT2D eigenvalue weighted by Gasteiger charge is 2.27. The number of anilines is 1. The summed E-state index contributed by atoms with van der Waals surface area (Å²) in [6.45, 7) is 5.51. The number of benzene rings is 1. The van der Waals surface area contributed by atoms with E-state index in [1.54, 1.807) is 36.7 Å². The molecule has 6 heteroatoms. The van der Waals surface area contributed by atoms with E-state index in [2.05, 4.69) is 28.2 Å². The zero-order valence-corrected chi connectivity index (χ0v) is 15.6. The Morgan fingerprint density at radius 1 is 1.30 bits per heavy atom. The van der Waals surface area contributed by atoms with E-state index in [0.29, 0.717) is 30.4 Å². The molecule has 1 N–H and O–H groups in total. The van der Waals surface area contributed by atoms with E-state index in [1.807, 2.05) is 17.0 Å². The Labute approximate surface area is 160 Å². The van der Waals surface area contributed by atoms with Gasteiger partial charge in [0, 0.05) is 37.2 Å². The van der Waals surface area contributed by atoms with Crippen LogP contribution in [0.1, 0.15) is 30.9 Å². The van der Waals surface area contributed by atoms with Crippen molar-refractivity contribution >= 4 is 11.7 Å². The van der Waals surface area contributed by atoms with Gasteiger partial charge in [-0.05, 0) is 67.9 Å². The molecule has 1 fully saturated rings. The number of likely N-dealkylation sites (tertiary alicyclic amines) is 1. The summed E-state index contributed by atoms with van der Waals surface area (Å²) >= 11 is 0. The number of likely N-dealkylation sites (N-methyl/N-ethyl adjacent to an activating group) is 1. The van der Waals surface area contributed by atoms with Gasteiger partial charge in [-0.2, -0.15) is 5.26 Å². The summed E-state index contributed by atoms with van der Waals surface area (Å²) in [4.78, 5) is 21.3. The fourth-order valence-electron chi connectivity index (χ4n) is 3.53. The topological polar surface area (TPSA) is 72.3 Å². The molecule has 140 valence electrons. The summed E-state index contributed by atoms with van der Waals surface area (Å²) in [5.41, 5.74) is 2.32. The quantitative estimate of drug-likeness (QED) is 0.853. The second-order valence-electron chi connectivity index (χ2n) is 6.78. The molecular formula is C21H25N5O. The zero-order valence-electron chi connectivity index (χ0n) is 15.6. The van der Waals surface area contributed by atoms with Crippen molar-refractivity contribution in [3.8, 4) is 6.07 Å². The normalized spacial score (nSPS) is 16.7. The van der Waals surface area contributed by atoms with E-state index >= 15 is 0 Å². The summed E-state index contributed by atoms with van der Waals surface area (Å²) in [7, 11) is 0. The van der Waals surface area contributed by atoms with Gasteiger partial charge >= 0.3 is 6.03 Å². The maximum Gasteiger partial charge on any atom is 0.322 e. The van der Waals surface area contributed by atoms with Gasteiger partial charge in [-0.3, -0.25) is 9.88 Å². The molecule has 27 heavy (non-hydrogen) atoms. The van der Waals surface area contributed by atoms with Crippen LogP contribution in [0.3, 0.4) is 0 Å². The van der Waals surface area contributed by atoms with E-state index in [0.717, 1.165) is 25.1 Å². The lowest BCUT2D eigenvalue weighted by atomic mass is 10.2. The molecule has 0 unspecified atom stereocenters. The number of aromatic nitrogens is 1. The lowest BCUT2D eigenvalue weighted by molar-refractivity contribution is 0.175. The third kappa shape index (κ3) is 5.05. The van der Waals surface area contributed by atoms with Crippen molar-refractivity contribution in [2.24, 2.45) is 0 Å². The van der Waals surface area contributed by atoms with E-state index < -0.39 is 0 Å². The number of rotatable bonds is 6. The number of hydrogen-bond donors (Lipinski definition) is 1. The van der Waals surface area contributed by atoms with E-state index in [4.69, 9.17) is 5.26 Å². The predicted molar refractivity (Wildman–Crippen MR) is 105 cm³/mol. The Morgan fingerprint density at radius 3 is 2.70 bits per heavy atom. The van der Waals surface area contributed by atoms with Crippen LogP contribution in [-0.2, 0) is 6.54 Å². The van der Waals surface area contributed by atoms with E-state index in [-0.39, 0.29) is 6.03 Å². The van der Waals surface area contributed by atoms with Crippen molar-refractivity contribution in [2.45, 2.75) is 32.4 Å². The molecule has 1 atom stereocenters. The lowest BCUT2D eigenvalue weighted by Gasteiger charge is -2.30. The smallest absolute Gasteiger partial charge is 0.319 e. The highest BCUT2D eigenvalue weighted by molar-refractivity contribution is 5.89. The molecule has 1 aliphatic heterocycles. The molecule has 1 aliphatic rings. The van der Waals surface area contributed by atoms with Crippen molar-refractivity contribution in [1.29, 1.82) is 5.26 Å². The molecule has 6 nitrogen and oxygen atoms in total. The monoisotopic (exact) mass is 363 g/mol. The third-order valence-electron chi connectivity index (χ3n) is 5.01. The number of carbonyl (C=O) groups is 1. The number of nitrogens with zero attached hydrogens (tertiary/aromatic N) is 4. The summed E-state index contributed by atoms with van der Waals surface area (Å²) in [5.74, 6) is 0. The van der Waals surface area contributed by atoms with E-state index in [9.17, 15) is 4.79 Å². The number of nitrogens with one attached hydrogen (secondary N) is 1. The van der Waals surface area contributed by atoms with Crippen molar-refractivity contribution < 1.29 is 4.79 Å². The highest BCUT2D eigenvalue weighted by atomic mass is 16.2. The van der Waals surface area contributed by atoms with Gasteiger partial charge < -0.3 is 10.2 Å². The molecule has 1 aromatic heterocycles. The SMILES string of the molecule is CCN1CCC[C@H]1CN(Cc1ccncc1)C(=O)Nc1ccc(C#N)cc1. The van der Waals surface area contributed by atoms with Crippen molar-refractivity contribution in [3.05, 3.63) is 59.9 Å². The summed E-state index contributed by atoms with van der Waals surface area (Å²) in [5, 5.41) is 11.9. The first-order valence-electron chi connectivity index (χ1n) is 9.38. The lowest BCUT2D eigenvalue weighted by Crippen LogP contribution is -2.44. The van der Waals surface area contributed by atoms with Gasteiger partial charge in [-0.15, -0.1) is 0 Å². The van der Waals surface area contributed by atoms with Crippen LogP contribution in [0.2, 0.25) is 0 Å². The second-order valence-corrected chi connectivity index (χ2v) is 6.78. The molecule has 0 saturated carbocycles. The largest absolute Gasteiger partial charge is 0.322 e. The van der Waals surface area contributed by atoms with Crippen molar-refractivity contribution in [3.63, 3.8) is 0 Å². The standard InChI is InChI=1S/C21H25N5O/c1-2-25-13-3-4-20(25)16-26(15-18-9-11-23-12-10-18)21(27)24-19-7-5-17(14-22)6-8-19/h5-12,20H,2-4,13,15-16H2,1H3,(H,24,27)/t20-/m0/s1. The minimum Gasteiger partial charge on any atom is -0.319 e. The van der Waals surface area contributed by atoms with Crippen LogP contribution in [-0.4, -0.2) is 46.5 Å². The van der Waals surface area contributed by atoms with Crippen LogP contribution in [0, 0.1) is 11.3 Å². The molecule has 2 aromatic rings. The molecule has 0 spiro atoms. The molecule has 0 aliphatic carbocycles. The first-order chi connectivity index (χ1) is 13.2. The van der Waals surface area contributed by atoms with Gasteiger partial charge in [0.15, 0.2) is 0 Å². The van der Waals surface area contributed by atoms with E-state index in [1.165, 1.54) is 6.42 Å². The summed E-state index contributed by atoms with van der Waals surface area (Å²) < 4.78 is 0. The maximum absolute atomic E-state index is 13.0. The first kappa shape index (κ1) is 18.9.